The second kappa shape index (κ2) is 7.47. The second-order valence-corrected chi connectivity index (χ2v) is 14.8. The number of hydrogen-bond donors (Lipinski definition) is 2. The van der Waals surface area contributed by atoms with E-state index in [4.69, 9.17) is 9.47 Å². The molecule has 5 nitrogen and oxygen atoms in total. The predicted molar refractivity (Wildman–Crippen MR) is 133 cm³/mol. The third-order valence-corrected chi connectivity index (χ3v) is 13.8. The summed E-state index contributed by atoms with van der Waals surface area (Å²) in [6, 6.07) is 0. The Morgan fingerprint density at radius 3 is 2.40 bits per heavy atom. The van der Waals surface area contributed by atoms with Crippen LogP contribution in [0.3, 0.4) is 0 Å². The molecule has 0 amide bonds. The van der Waals surface area contributed by atoms with Crippen molar-refractivity contribution in [3.8, 4) is 0 Å². The zero-order valence-corrected chi connectivity index (χ0v) is 22.8. The molecule has 6 aliphatic rings. The lowest BCUT2D eigenvalue weighted by molar-refractivity contribution is -0.182. The molecular formula is C30H48O5. The highest BCUT2D eigenvalue weighted by Gasteiger charge is 2.84. The maximum atomic E-state index is 12.2. The van der Waals surface area contributed by atoms with Crippen molar-refractivity contribution < 1.29 is 24.5 Å². The van der Waals surface area contributed by atoms with Crippen molar-refractivity contribution in [2.45, 2.75) is 123 Å². The Morgan fingerprint density at radius 2 is 1.69 bits per heavy atom. The van der Waals surface area contributed by atoms with Crippen LogP contribution < -0.4 is 0 Å². The standard InChI is InChI=1S/C30H48O5/c1-17-15-18(7-10-22(32)34-6)35-24-23(17)27(4)13-14-30-16-29(30)12-11-21(31)26(2,3)19(29)8-9-20(30)28(27,5)25(24)33/h17-21,23-25,31,33H,7-16H2,1-6H3/t17-,18?,19+,20?,21?,23?,24?,25+,27?,28-,29?,30?/m1/s1. The van der Waals surface area contributed by atoms with Gasteiger partial charge in [0, 0.05) is 11.8 Å². The van der Waals surface area contributed by atoms with E-state index >= 15 is 0 Å². The van der Waals surface area contributed by atoms with E-state index in [1.807, 2.05) is 0 Å². The van der Waals surface area contributed by atoms with Crippen molar-refractivity contribution >= 4 is 5.97 Å². The van der Waals surface area contributed by atoms with Crippen LogP contribution in [0.2, 0.25) is 0 Å². The lowest BCUT2D eigenvalue weighted by atomic mass is 9.41. The fraction of sp³-hybridized carbons (Fsp3) is 0.967. The average molecular weight is 489 g/mol. The number of carbonyl (C=O) groups is 1. The first kappa shape index (κ1) is 24.7. The number of hydrogen-bond acceptors (Lipinski definition) is 5. The number of fused-ring (bicyclic) bond motifs is 4. The summed E-state index contributed by atoms with van der Waals surface area (Å²) in [5.41, 5.74) is 0.609. The summed E-state index contributed by atoms with van der Waals surface area (Å²) >= 11 is 0. The van der Waals surface area contributed by atoms with E-state index in [1.54, 1.807) is 0 Å². The van der Waals surface area contributed by atoms with Crippen LogP contribution >= 0.6 is 0 Å². The minimum Gasteiger partial charge on any atom is -0.469 e. The Labute approximate surface area is 211 Å². The van der Waals surface area contributed by atoms with Gasteiger partial charge in [0.1, 0.15) is 0 Å². The minimum atomic E-state index is -0.459. The summed E-state index contributed by atoms with van der Waals surface area (Å²) in [7, 11) is 1.44. The Kier molecular flexibility index (Phi) is 5.27. The molecule has 5 heteroatoms. The van der Waals surface area contributed by atoms with Gasteiger partial charge in [-0.3, -0.25) is 4.79 Å². The van der Waals surface area contributed by atoms with Crippen LogP contribution in [0, 0.1) is 50.7 Å². The molecule has 8 unspecified atom stereocenters. The average Bonchev–Trinajstić information content (AvgIpc) is 3.45. The number of aliphatic hydroxyl groups excluding tert-OH is 2. The highest BCUT2D eigenvalue weighted by molar-refractivity contribution is 5.69. The first-order valence-electron chi connectivity index (χ1n) is 14.5. The molecule has 0 radical (unpaired) electrons. The van der Waals surface area contributed by atoms with Crippen molar-refractivity contribution in [1.29, 1.82) is 0 Å². The van der Waals surface area contributed by atoms with E-state index < -0.39 is 6.10 Å². The van der Waals surface area contributed by atoms with E-state index in [9.17, 15) is 15.0 Å². The quantitative estimate of drug-likeness (QED) is 0.540. The Bertz CT molecular complexity index is 901. The third kappa shape index (κ3) is 2.79. The predicted octanol–water partition coefficient (Wildman–Crippen LogP) is 5.11. The summed E-state index contributed by atoms with van der Waals surface area (Å²) in [5.74, 6) is 1.79. The summed E-state index contributed by atoms with van der Waals surface area (Å²) in [4.78, 5) is 11.8. The molecule has 5 aliphatic carbocycles. The first-order valence-corrected chi connectivity index (χ1v) is 14.5. The van der Waals surface area contributed by atoms with E-state index in [2.05, 4.69) is 34.6 Å². The van der Waals surface area contributed by atoms with E-state index in [-0.39, 0.29) is 40.5 Å². The molecule has 1 heterocycles. The zero-order valence-electron chi connectivity index (χ0n) is 22.8. The monoisotopic (exact) mass is 488 g/mol. The van der Waals surface area contributed by atoms with Gasteiger partial charge in [-0.2, -0.15) is 0 Å². The van der Waals surface area contributed by atoms with Crippen molar-refractivity contribution in [3.63, 3.8) is 0 Å². The first-order chi connectivity index (χ1) is 16.4. The van der Waals surface area contributed by atoms with Gasteiger partial charge in [-0.15, -0.1) is 0 Å². The van der Waals surface area contributed by atoms with Crippen LogP contribution in [-0.2, 0) is 14.3 Å². The van der Waals surface area contributed by atoms with Crippen molar-refractivity contribution in [2.24, 2.45) is 50.7 Å². The Morgan fingerprint density at radius 1 is 1.00 bits per heavy atom. The smallest absolute Gasteiger partial charge is 0.305 e. The molecule has 6 rings (SSSR count). The van der Waals surface area contributed by atoms with Crippen LogP contribution in [0.4, 0.5) is 0 Å². The second-order valence-electron chi connectivity index (χ2n) is 14.8. The van der Waals surface area contributed by atoms with E-state index in [1.165, 1.54) is 39.2 Å². The van der Waals surface area contributed by atoms with Crippen LogP contribution in [0.25, 0.3) is 0 Å². The Balaban J connectivity index is 1.31. The summed E-state index contributed by atoms with van der Waals surface area (Å²) in [5, 5.41) is 23.0. The normalized spacial score (nSPS) is 57.7. The number of methoxy groups -OCH3 is 1. The highest BCUT2D eigenvalue weighted by Crippen LogP contribution is 2.89. The third-order valence-electron chi connectivity index (χ3n) is 13.8. The lowest BCUT2D eigenvalue weighted by Gasteiger charge is -2.63. The van der Waals surface area contributed by atoms with E-state index in [0.29, 0.717) is 47.3 Å². The van der Waals surface area contributed by atoms with Gasteiger partial charge in [-0.25, -0.2) is 0 Å². The van der Waals surface area contributed by atoms with Crippen LogP contribution in [0.1, 0.15) is 98.8 Å². The van der Waals surface area contributed by atoms with Crippen LogP contribution in [0.15, 0.2) is 0 Å². The molecule has 1 saturated heterocycles. The van der Waals surface area contributed by atoms with Gasteiger partial charge in [0.15, 0.2) is 0 Å². The van der Waals surface area contributed by atoms with Crippen LogP contribution in [0.5, 0.6) is 0 Å². The molecule has 35 heavy (non-hydrogen) atoms. The van der Waals surface area contributed by atoms with Gasteiger partial charge in [0.25, 0.3) is 0 Å². The molecule has 0 aromatic carbocycles. The Hall–Kier alpha value is -0.650. The fourth-order valence-electron chi connectivity index (χ4n) is 12.0. The summed E-state index contributed by atoms with van der Waals surface area (Å²) in [6.07, 6.45) is 9.47. The number of esters is 1. The van der Waals surface area contributed by atoms with Crippen molar-refractivity contribution in [1.82, 2.24) is 0 Å². The molecule has 6 fully saturated rings. The lowest BCUT2D eigenvalue weighted by Crippen LogP contribution is -2.59. The summed E-state index contributed by atoms with van der Waals surface area (Å²) < 4.78 is 11.6. The van der Waals surface area contributed by atoms with Crippen molar-refractivity contribution in [3.05, 3.63) is 0 Å². The number of aliphatic hydroxyl groups is 2. The molecule has 2 N–H and O–H groups in total. The maximum absolute atomic E-state index is 12.2. The molecule has 0 aromatic heterocycles. The topological polar surface area (TPSA) is 76.0 Å². The molecule has 0 bridgehead atoms. The molecule has 1 aliphatic heterocycles. The molecule has 5 saturated carbocycles. The molecule has 198 valence electrons. The van der Waals surface area contributed by atoms with Gasteiger partial charge in [0.2, 0.25) is 0 Å². The van der Waals surface area contributed by atoms with Gasteiger partial charge in [-0.1, -0.05) is 34.6 Å². The van der Waals surface area contributed by atoms with Gasteiger partial charge in [-0.05, 0) is 103 Å². The van der Waals surface area contributed by atoms with Gasteiger partial charge < -0.3 is 19.7 Å². The number of carbonyl (C=O) groups excluding carboxylic acids is 1. The molecule has 12 atom stereocenters. The van der Waals surface area contributed by atoms with Gasteiger partial charge in [0.05, 0.1) is 31.5 Å². The number of ether oxygens (including phenoxy) is 2. The molecular weight excluding hydrogens is 440 g/mol. The summed E-state index contributed by atoms with van der Waals surface area (Å²) in [6.45, 7) is 11.9. The van der Waals surface area contributed by atoms with Crippen LogP contribution in [-0.4, -0.2) is 47.7 Å². The highest BCUT2D eigenvalue weighted by atomic mass is 16.5. The molecule has 0 aromatic rings. The maximum Gasteiger partial charge on any atom is 0.305 e. The van der Waals surface area contributed by atoms with Gasteiger partial charge >= 0.3 is 5.97 Å². The fourth-order valence-corrected chi connectivity index (χ4v) is 12.0. The largest absolute Gasteiger partial charge is 0.469 e. The SMILES string of the molecule is COC(=O)CCC1C[C@@H](C)C2C(O1)[C@H](O)[C@@]1(C)C3CC[C@H]4C(C)(C)C(O)CCC45CC35CCC21C. The number of rotatable bonds is 3. The van der Waals surface area contributed by atoms with E-state index in [0.717, 1.165) is 19.3 Å². The molecule has 2 spiro atoms. The van der Waals surface area contributed by atoms with Crippen molar-refractivity contribution in [2.75, 3.05) is 7.11 Å². The minimum absolute atomic E-state index is 0.0128. The zero-order chi connectivity index (χ0) is 25.2.